The summed E-state index contributed by atoms with van der Waals surface area (Å²) in [5.41, 5.74) is 7.12. The molecule has 1 aliphatic rings. The Morgan fingerprint density at radius 3 is 2.45 bits per heavy atom. The number of anilines is 2. The zero-order chi connectivity index (χ0) is 14.6. The number of nitrogen functional groups attached to an aromatic ring is 1. The number of nitrogens with zero attached hydrogens (tertiary/aromatic N) is 1. The summed E-state index contributed by atoms with van der Waals surface area (Å²) in [5.74, 6) is 0. The summed E-state index contributed by atoms with van der Waals surface area (Å²) in [6, 6.07) is 7.22. The average molecular weight is 296 g/mol. The maximum atomic E-state index is 12.9. The van der Waals surface area contributed by atoms with Crippen molar-refractivity contribution in [2.75, 3.05) is 16.6 Å². The molecule has 2 N–H and O–H groups in total. The third kappa shape index (κ3) is 3.08. The molecule has 0 radical (unpaired) electrons. The summed E-state index contributed by atoms with van der Waals surface area (Å²) < 4.78 is 27.3. The van der Waals surface area contributed by atoms with Gasteiger partial charge < -0.3 is 5.73 Å². The van der Waals surface area contributed by atoms with E-state index < -0.39 is 10.0 Å². The van der Waals surface area contributed by atoms with Crippen molar-refractivity contribution < 1.29 is 8.42 Å². The first kappa shape index (κ1) is 15.2. The molecule has 0 heterocycles. The molecule has 1 aromatic carbocycles. The van der Waals surface area contributed by atoms with Crippen molar-refractivity contribution in [1.82, 2.24) is 0 Å². The highest BCUT2D eigenvalue weighted by molar-refractivity contribution is 7.93. The van der Waals surface area contributed by atoms with E-state index in [4.69, 9.17) is 5.73 Å². The smallest absolute Gasteiger partial charge is 0.238 e. The number of hydrogen-bond acceptors (Lipinski definition) is 3. The molecule has 4 nitrogen and oxygen atoms in total. The minimum Gasteiger partial charge on any atom is -0.397 e. The number of nitrogens with two attached hydrogens (primary N) is 1. The maximum Gasteiger partial charge on any atom is 0.238 e. The van der Waals surface area contributed by atoms with Crippen LogP contribution in [0.1, 0.15) is 45.4 Å². The van der Waals surface area contributed by atoms with E-state index in [2.05, 4.69) is 0 Å². The Hall–Kier alpha value is -1.23. The first-order valence-electron chi connectivity index (χ1n) is 7.43. The molecule has 0 atom stereocenters. The highest BCUT2D eigenvalue weighted by Crippen LogP contribution is 2.32. The van der Waals surface area contributed by atoms with Crippen LogP contribution < -0.4 is 10.0 Å². The van der Waals surface area contributed by atoms with Crippen LogP contribution in [0.25, 0.3) is 0 Å². The van der Waals surface area contributed by atoms with Crippen LogP contribution in [0.15, 0.2) is 24.3 Å². The Morgan fingerprint density at radius 2 is 1.85 bits per heavy atom. The minimum atomic E-state index is -3.31. The predicted molar refractivity (Wildman–Crippen MR) is 84.3 cm³/mol. The summed E-state index contributed by atoms with van der Waals surface area (Å²) >= 11 is 0. The van der Waals surface area contributed by atoms with Gasteiger partial charge in [-0.1, -0.05) is 38.3 Å². The normalized spacial score (nSPS) is 17.1. The molecule has 0 amide bonds. The van der Waals surface area contributed by atoms with Gasteiger partial charge in [-0.2, -0.15) is 0 Å². The van der Waals surface area contributed by atoms with Gasteiger partial charge in [0.2, 0.25) is 10.0 Å². The van der Waals surface area contributed by atoms with Crippen LogP contribution in [0, 0.1) is 0 Å². The van der Waals surface area contributed by atoms with Crippen molar-refractivity contribution in [3.05, 3.63) is 24.3 Å². The zero-order valence-electron chi connectivity index (χ0n) is 12.1. The van der Waals surface area contributed by atoms with Crippen LogP contribution >= 0.6 is 0 Å². The largest absolute Gasteiger partial charge is 0.397 e. The predicted octanol–water partition coefficient (Wildman–Crippen LogP) is 3.15. The van der Waals surface area contributed by atoms with Crippen molar-refractivity contribution >= 4 is 21.4 Å². The molecule has 0 bridgehead atoms. The van der Waals surface area contributed by atoms with Gasteiger partial charge in [0, 0.05) is 6.54 Å². The van der Waals surface area contributed by atoms with Crippen molar-refractivity contribution in [3.63, 3.8) is 0 Å². The van der Waals surface area contributed by atoms with Crippen molar-refractivity contribution in [2.45, 2.75) is 50.7 Å². The first-order chi connectivity index (χ1) is 9.57. The molecule has 0 unspecified atom stereocenters. The fourth-order valence-electron chi connectivity index (χ4n) is 2.85. The number of para-hydroxylation sites is 2. The van der Waals surface area contributed by atoms with Gasteiger partial charge in [0.05, 0.1) is 16.6 Å². The number of hydrogen-bond donors (Lipinski definition) is 1. The van der Waals surface area contributed by atoms with Crippen LogP contribution in [-0.2, 0) is 10.0 Å². The second kappa shape index (κ2) is 6.48. The lowest BCUT2D eigenvalue weighted by Crippen LogP contribution is -2.40. The lowest BCUT2D eigenvalue weighted by molar-refractivity contribution is 0.481. The molecule has 1 aromatic rings. The third-order valence-corrected chi connectivity index (χ3v) is 6.22. The molecule has 0 aromatic heterocycles. The highest BCUT2D eigenvalue weighted by atomic mass is 32.2. The van der Waals surface area contributed by atoms with E-state index in [0.29, 0.717) is 17.9 Å². The number of benzene rings is 1. The lowest BCUT2D eigenvalue weighted by Gasteiger charge is -2.31. The summed E-state index contributed by atoms with van der Waals surface area (Å²) in [4.78, 5) is 0. The molecule has 112 valence electrons. The summed E-state index contributed by atoms with van der Waals surface area (Å²) in [6.07, 6.45) is 5.49. The Balaban J connectivity index is 2.34. The van der Waals surface area contributed by atoms with Gasteiger partial charge in [-0.3, -0.25) is 4.31 Å². The average Bonchev–Trinajstić information content (AvgIpc) is 2.46. The van der Waals surface area contributed by atoms with Gasteiger partial charge in [-0.25, -0.2) is 8.42 Å². The maximum absolute atomic E-state index is 12.9. The SMILES string of the molecule is CCCN(c1ccccc1N)S(=O)(=O)C1CCCCC1. The second-order valence-corrected chi connectivity index (χ2v) is 7.57. The molecule has 1 saturated carbocycles. The van der Waals surface area contributed by atoms with Gasteiger partial charge in [-0.15, -0.1) is 0 Å². The molecule has 0 saturated heterocycles. The molecule has 0 spiro atoms. The van der Waals surface area contributed by atoms with E-state index >= 15 is 0 Å². The summed E-state index contributed by atoms with van der Waals surface area (Å²) in [6.45, 7) is 2.48. The Labute approximate surface area is 122 Å². The van der Waals surface area contributed by atoms with Crippen LogP contribution in [-0.4, -0.2) is 20.2 Å². The molecule has 1 aliphatic carbocycles. The molecule has 1 fully saturated rings. The minimum absolute atomic E-state index is 0.248. The Kier molecular flexibility index (Phi) is 4.91. The van der Waals surface area contributed by atoms with Gasteiger partial charge in [0.1, 0.15) is 0 Å². The molecule has 5 heteroatoms. The third-order valence-electron chi connectivity index (χ3n) is 3.91. The van der Waals surface area contributed by atoms with Crippen LogP contribution in [0.4, 0.5) is 11.4 Å². The molecular formula is C15H24N2O2S. The quantitative estimate of drug-likeness (QED) is 0.849. The standard InChI is InChI=1S/C15H24N2O2S/c1-2-12-17(15-11-7-6-10-14(15)16)20(18,19)13-8-4-3-5-9-13/h6-7,10-11,13H,2-5,8-9,12,16H2,1H3. The van der Waals surface area contributed by atoms with E-state index in [-0.39, 0.29) is 5.25 Å². The molecular weight excluding hydrogens is 272 g/mol. The Morgan fingerprint density at radius 1 is 1.20 bits per heavy atom. The van der Waals surface area contributed by atoms with Crippen LogP contribution in [0.5, 0.6) is 0 Å². The van der Waals surface area contributed by atoms with Gasteiger partial charge in [0.15, 0.2) is 0 Å². The van der Waals surface area contributed by atoms with E-state index in [0.717, 1.165) is 38.5 Å². The Bertz CT molecular complexity index is 537. The highest BCUT2D eigenvalue weighted by Gasteiger charge is 2.33. The monoisotopic (exact) mass is 296 g/mol. The lowest BCUT2D eigenvalue weighted by atomic mass is 10.0. The molecule has 20 heavy (non-hydrogen) atoms. The van der Waals surface area contributed by atoms with E-state index in [1.165, 1.54) is 4.31 Å². The number of sulfonamides is 1. The van der Waals surface area contributed by atoms with E-state index in [9.17, 15) is 8.42 Å². The molecule has 0 aliphatic heterocycles. The van der Waals surface area contributed by atoms with Crippen molar-refractivity contribution in [3.8, 4) is 0 Å². The van der Waals surface area contributed by atoms with Crippen molar-refractivity contribution in [2.24, 2.45) is 0 Å². The van der Waals surface area contributed by atoms with E-state index in [1.54, 1.807) is 12.1 Å². The topological polar surface area (TPSA) is 63.4 Å². The van der Waals surface area contributed by atoms with E-state index in [1.807, 2.05) is 19.1 Å². The zero-order valence-corrected chi connectivity index (χ0v) is 12.9. The second-order valence-electron chi connectivity index (χ2n) is 5.44. The van der Waals surface area contributed by atoms with Crippen LogP contribution in [0.3, 0.4) is 0 Å². The number of rotatable bonds is 5. The summed E-state index contributed by atoms with van der Waals surface area (Å²) in [7, 11) is -3.31. The van der Waals surface area contributed by atoms with Gasteiger partial charge in [-0.05, 0) is 31.4 Å². The van der Waals surface area contributed by atoms with Crippen LogP contribution in [0.2, 0.25) is 0 Å². The van der Waals surface area contributed by atoms with Crippen molar-refractivity contribution in [1.29, 1.82) is 0 Å². The molecule has 2 rings (SSSR count). The fourth-order valence-corrected chi connectivity index (χ4v) is 5.01. The summed E-state index contributed by atoms with van der Waals surface area (Å²) in [5, 5.41) is -0.248. The fraction of sp³-hybridized carbons (Fsp3) is 0.600. The van der Waals surface area contributed by atoms with Gasteiger partial charge in [0.25, 0.3) is 0 Å². The van der Waals surface area contributed by atoms with Gasteiger partial charge >= 0.3 is 0 Å². The first-order valence-corrected chi connectivity index (χ1v) is 8.93.